The highest BCUT2D eigenvalue weighted by molar-refractivity contribution is 6.32. The number of carboxylic acid groups (broad SMARTS) is 1. The van der Waals surface area contributed by atoms with Crippen molar-refractivity contribution in [3.8, 4) is 17.6 Å². The van der Waals surface area contributed by atoms with E-state index >= 15 is 0 Å². The summed E-state index contributed by atoms with van der Waals surface area (Å²) in [7, 11) is 0. The molecule has 1 N–H and O–H groups in total. The van der Waals surface area contributed by atoms with Crippen LogP contribution in [0.1, 0.15) is 25.8 Å². The van der Waals surface area contributed by atoms with E-state index in [0.717, 1.165) is 0 Å². The largest absolute Gasteiger partial charge is 0.488 e. The molecule has 0 amide bonds. The number of benzene rings is 1. The van der Waals surface area contributed by atoms with Crippen molar-refractivity contribution in [1.29, 1.82) is 0 Å². The van der Waals surface area contributed by atoms with Crippen LogP contribution >= 0.6 is 11.6 Å². The van der Waals surface area contributed by atoms with Crippen LogP contribution in [0.2, 0.25) is 5.02 Å². The Morgan fingerprint density at radius 1 is 1.18 bits per heavy atom. The van der Waals surface area contributed by atoms with Crippen LogP contribution in [0.4, 0.5) is 26.3 Å². The maximum Gasteiger partial charge on any atom is 0.422 e. The van der Waals surface area contributed by atoms with E-state index in [1.165, 1.54) is 24.3 Å². The zero-order chi connectivity index (χ0) is 30.0. The lowest BCUT2D eigenvalue weighted by atomic mass is 9.93. The van der Waals surface area contributed by atoms with Gasteiger partial charge in [0, 0.05) is 19.4 Å². The van der Waals surface area contributed by atoms with Crippen molar-refractivity contribution < 1.29 is 55.2 Å². The van der Waals surface area contributed by atoms with Crippen molar-refractivity contribution in [2.45, 2.75) is 50.7 Å². The number of alkyl halides is 6. The first-order valence-electron chi connectivity index (χ1n) is 11.9. The lowest BCUT2D eigenvalue weighted by Gasteiger charge is -2.29. The monoisotopic (exact) mass is 596 g/mol. The van der Waals surface area contributed by atoms with E-state index < -0.39 is 49.7 Å². The molecule has 2 atom stereocenters. The summed E-state index contributed by atoms with van der Waals surface area (Å²) in [5.41, 5.74) is -0.868. The smallest absolute Gasteiger partial charge is 0.422 e. The van der Waals surface area contributed by atoms with Crippen LogP contribution in [0.3, 0.4) is 0 Å². The lowest BCUT2D eigenvalue weighted by Crippen LogP contribution is -2.35. The fourth-order valence-electron chi connectivity index (χ4n) is 3.33. The fraction of sp³-hybridized carbons (Fsp3) is 0.444. The Labute approximate surface area is 232 Å². The van der Waals surface area contributed by atoms with E-state index in [0.29, 0.717) is 16.9 Å². The van der Waals surface area contributed by atoms with Gasteiger partial charge in [-0.3, -0.25) is 0 Å². The maximum absolute atomic E-state index is 12.8. The second-order valence-corrected chi connectivity index (χ2v) is 8.97. The number of hydrogen-bond donors (Lipinski definition) is 1. The first kappa shape index (κ1) is 33.1. The summed E-state index contributed by atoms with van der Waals surface area (Å²) in [5.74, 6) is 4.19. The Morgan fingerprint density at radius 2 is 1.88 bits per heavy atom. The molecule has 0 radical (unpaired) electrons. The minimum Gasteiger partial charge on any atom is -0.488 e. The molecule has 1 aromatic rings. The minimum absolute atomic E-state index is 0.0254. The van der Waals surface area contributed by atoms with E-state index in [2.05, 4.69) is 11.8 Å². The predicted molar refractivity (Wildman–Crippen MR) is 134 cm³/mol. The number of carboxylic acids is 1. The molecule has 0 bridgehead atoms. The van der Waals surface area contributed by atoms with Crippen LogP contribution in [0.5, 0.6) is 5.75 Å². The van der Waals surface area contributed by atoms with Gasteiger partial charge in [0.2, 0.25) is 0 Å². The molecule has 40 heavy (non-hydrogen) atoms. The third-order valence-electron chi connectivity index (χ3n) is 5.16. The Bertz CT molecular complexity index is 1180. The first-order chi connectivity index (χ1) is 18.6. The van der Waals surface area contributed by atoms with Crippen LogP contribution in [-0.2, 0) is 25.4 Å². The van der Waals surface area contributed by atoms with Crippen LogP contribution in [0, 0.1) is 11.8 Å². The average molecular weight is 597 g/mol. The Kier molecular flexibility index (Phi) is 12.0. The number of carbonyl (C=O) groups is 1. The van der Waals surface area contributed by atoms with Crippen molar-refractivity contribution >= 4 is 17.6 Å². The van der Waals surface area contributed by atoms with Crippen molar-refractivity contribution in [3.63, 3.8) is 0 Å². The van der Waals surface area contributed by atoms with Gasteiger partial charge in [-0.1, -0.05) is 35.6 Å². The van der Waals surface area contributed by atoms with Gasteiger partial charge >= 0.3 is 18.3 Å². The molecule has 0 aliphatic heterocycles. The number of rotatable bonds is 12. The van der Waals surface area contributed by atoms with Gasteiger partial charge in [0.05, 0.1) is 5.02 Å². The molecule has 0 spiro atoms. The van der Waals surface area contributed by atoms with E-state index in [1.54, 1.807) is 32.0 Å². The van der Waals surface area contributed by atoms with Crippen LogP contribution < -0.4 is 4.74 Å². The lowest BCUT2D eigenvalue weighted by molar-refractivity contribution is -0.191. The van der Waals surface area contributed by atoms with Crippen molar-refractivity contribution in [3.05, 3.63) is 64.4 Å². The average Bonchev–Trinajstić information content (AvgIpc) is 2.85. The second kappa shape index (κ2) is 14.5. The third-order valence-corrected chi connectivity index (χ3v) is 5.45. The normalized spacial score (nSPS) is 18.4. The quantitative estimate of drug-likeness (QED) is 0.221. The second-order valence-electron chi connectivity index (χ2n) is 8.57. The molecule has 1 aromatic carbocycles. The molecule has 2 rings (SSSR count). The van der Waals surface area contributed by atoms with Crippen LogP contribution in [0.15, 0.2) is 53.8 Å². The zero-order valence-corrected chi connectivity index (χ0v) is 22.3. The van der Waals surface area contributed by atoms with Crippen LogP contribution in [-0.4, -0.2) is 61.6 Å². The van der Waals surface area contributed by atoms with Crippen molar-refractivity contribution in [2.24, 2.45) is 0 Å². The van der Waals surface area contributed by atoms with E-state index in [1.807, 2.05) is 0 Å². The van der Waals surface area contributed by atoms with Gasteiger partial charge in [-0.25, -0.2) is 4.79 Å². The maximum atomic E-state index is 12.8. The molecule has 0 fully saturated rings. The van der Waals surface area contributed by atoms with Gasteiger partial charge < -0.3 is 24.1 Å². The van der Waals surface area contributed by atoms with Gasteiger partial charge in [0.25, 0.3) is 0 Å². The molecule has 1 aliphatic rings. The molecule has 220 valence electrons. The minimum atomic E-state index is -4.69. The number of hydrogen-bond acceptors (Lipinski definition) is 5. The van der Waals surface area contributed by atoms with Gasteiger partial charge in [-0.05, 0) is 55.3 Å². The molecule has 1 aliphatic carbocycles. The summed E-state index contributed by atoms with van der Waals surface area (Å²) >= 11 is 6.24. The number of ether oxygens (including phenoxy) is 4. The Hall–Kier alpha value is -3.14. The van der Waals surface area contributed by atoms with Gasteiger partial charge in [0.1, 0.15) is 24.7 Å². The highest BCUT2D eigenvalue weighted by Crippen LogP contribution is 2.31. The standard InChI is InChI=1S/C27H27ClF6O6/c1-3-37-23(24(35)36)14-19-6-7-22(21(28)13-19)38-12-9-18(2)8-11-25(40-17-27(32,33)34)10-4-5-20(15-25)39-16-26(29,30)31/h4-7,9-10,13,23H,3,12,14-17H2,1-2H3,(H,35,36)/b18-9+/t23-,25?/m0/s1. The molecular formula is C27H27ClF6O6. The summed E-state index contributed by atoms with van der Waals surface area (Å²) in [6, 6.07) is 4.74. The van der Waals surface area contributed by atoms with Gasteiger partial charge in [-0.15, -0.1) is 0 Å². The topological polar surface area (TPSA) is 74.2 Å². The number of halogens is 7. The van der Waals surface area contributed by atoms with Crippen LogP contribution in [0.25, 0.3) is 0 Å². The molecule has 1 unspecified atom stereocenters. The van der Waals surface area contributed by atoms with E-state index in [4.69, 9.17) is 30.5 Å². The predicted octanol–water partition coefficient (Wildman–Crippen LogP) is 6.44. The van der Waals surface area contributed by atoms with E-state index in [-0.39, 0.29) is 30.4 Å². The Balaban J connectivity index is 2.09. The fourth-order valence-corrected chi connectivity index (χ4v) is 3.58. The molecule has 0 saturated carbocycles. The Morgan fingerprint density at radius 3 is 2.48 bits per heavy atom. The molecule has 6 nitrogen and oxygen atoms in total. The molecule has 0 saturated heterocycles. The number of allylic oxidation sites excluding steroid dienone is 3. The summed E-state index contributed by atoms with van der Waals surface area (Å²) < 4.78 is 96.5. The summed E-state index contributed by atoms with van der Waals surface area (Å²) in [4.78, 5) is 11.3. The van der Waals surface area contributed by atoms with Gasteiger partial charge in [0.15, 0.2) is 18.3 Å². The SMILES string of the molecule is CCO[C@@H](Cc1ccc(OC/C=C(\C)C#CC2(OCC(F)(F)F)C=CC=C(OCC(F)(F)F)C2)c(Cl)c1)C(=O)O. The van der Waals surface area contributed by atoms with E-state index in [9.17, 15) is 36.2 Å². The number of aliphatic carboxylic acids is 1. The summed E-state index contributed by atoms with van der Waals surface area (Å²) in [5, 5.41) is 9.44. The van der Waals surface area contributed by atoms with Crippen molar-refractivity contribution in [1.82, 2.24) is 0 Å². The molecular weight excluding hydrogens is 570 g/mol. The third kappa shape index (κ3) is 11.9. The zero-order valence-electron chi connectivity index (χ0n) is 21.5. The summed E-state index contributed by atoms with van der Waals surface area (Å²) in [6.45, 7) is 0.168. The highest BCUT2D eigenvalue weighted by Gasteiger charge is 2.38. The molecule has 0 aromatic heterocycles. The molecule has 0 heterocycles. The summed E-state index contributed by atoms with van der Waals surface area (Å²) in [6.07, 6.45) is -5.54. The highest BCUT2D eigenvalue weighted by atomic mass is 35.5. The first-order valence-corrected chi connectivity index (χ1v) is 12.2. The van der Waals surface area contributed by atoms with Crippen molar-refractivity contribution in [2.75, 3.05) is 26.4 Å². The van der Waals surface area contributed by atoms with Gasteiger partial charge in [-0.2, -0.15) is 26.3 Å². The molecule has 13 heteroatoms.